The van der Waals surface area contributed by atoms with Crippen LogP contribution in [0.4, 0.5) is 5.69 Å². The SMILES string of the molecule is CN=C(NCCC1C(=O)Nc2ccccc21)N1CCN(C(=O)C2CCCO2)CC1.I. The maximum atomic E-state index is 12.5. The van der Waals surface area contributed by atoms with Crippen molar-refractivity contribution in [1.29, 1.82) is 0 Å². The van der Waals surface area contributed by atoms with E-state index in [4.69, 9.17) is 4.74 Å². The molecule has 2 fully saturated rings. The van der Waals surface area contributed by atoms with Gasteiger partial charge in [0, 0.05) is 52.1 Å². The summed E-state index contributed by atoms with van der Waals surface area (Å²) in [7, 11) is 1.77. The van der Waals surface area contributed by atoms with Gasteiger partial charge in [-0.2, -0.15) is 0 Å². The number of nitrogens with zero attached hydrogens (tertiary/aromatic N) is 3. The zero-order valence-electron chi connectivity index (χ0n) is 17.3. The predicted molar refractivity (Wildman–Crippen MR) is 126 cm³/mol. The maximum absolute atomic E-state index is 12.5. The Morgan fingerprint density at radius 3 is 2.67 bits per heavy atom. The second-order valence-corrected chi connectivity index (χ2v) is 7.71. The van der Waals surface area contributed by atoms with Crippen molar-refractivity contribution in [1.82, 2.24) is 15.1 Å². The molecule has 1 aromatic rings. The van der Waals surface area contributed by atoms with E-state index in [-0.39, 0.29) is 47.8 Å². The number of aliphatic imine (C=N–C) groups is 1. The molecule has 30 heavy (non-hydrogen) atoms. The van der Waals surface area contributed by atoms with E-state index in [2.05, 4.69) is 20.5 Å². The number of amides is 2. The highest BCUT2D eigenvalue weighted by atomic mass is 127. The quantitative estimate of drug-likeness (QED) is 0.353. The van der Waals surface area contributed by atoms with Gasteiger partial charge < -0.3 is 25.2 Å². The molecule has 3 heterocycles. The average molecular weight is 527 g/mol. The van der Waals surface area contributed by atoms with Crippen molar-refractivity contribution in [3.05, 3.63) is 29.8 Å². The van der Waals surface area contributed by atoms with Gasteiger partial charge in [-0.1, -0.05) is 18.2 Å². The van der Waals surface area contributed by atoms with E-state index < -0.39 is 0 Å². The second kappa shape index (κ2) is 10.4. The molecule has 2 unspecified atom stereocenters. The summed E-state index contributed by atoms with van der Waals surface area (Å²) in [4.78, 5) is 33.2. The molecule has 164 valence electrons. The maximum Gasteiger partial charge on any atom is 0.251 e. The van der Waals surface area contributed by atoms with Gasteiger partial charge in [0.25, 0.3) is 5.91 Å². The van der Waals surface area contributed by atoms with Gasteiger partial charge >= 0.3 is 0 Å². The molecule has 0 radical (unpaired) electrons. The molecule has 2 atom stereocenters. The predicted octanol–water partition coefficient (Wildman–Crippen LogP) is 1.63. The van der Waals surface area contributed by atoms with Gasteiger partial charge in [0.2, 0.25) is 5.91 Å². The standard InChI is InChI=1S/C21H29N5O3.HI/c1-22-21(23-9-8-16-15-5-2-3-6-17(15)24-19(16)27)26-12-10-25(11-13-26)20(28)18-7-4-14-29-18;/h2-3,5-6,16,18H,4,7-14H2,1H3,(H,22,23)(H,24,27);1H. The van der Waals surface area contributed by atoms with E-state index in [1.54, 1.807) is 7.05 Å². The molecule has 4 rings (SSSR count). The van der Waals surface area contributed by atoms with Crippen molar-refractivity contribution in [2.75, 3.05) is 51.7 Å². The summed E-state index contributed by atoms with van der Waals surface area (Å²) in [6, 6.07) is 7.86. The van der Waals surface area contributed by atoms with Crippen LogP contribution in [-0.4, -0.2) is 80.1 Å². The molecule has 0 bridgehead atoms. The monoisotopic (exact) mass is 527 g/mol. The first-order valence-electron chi connectivity index (χ1n) is 10.4. The number of carbonyl (C=O) groups excluding carboxylic acids is 2. The zero-order chi connectivity index (χ0) is 20.2. The Kier molecular flexibility index (Phi) is 7.93. The molecule has 1 aromatic carbocycles. The first-order valence-corrected chi connectivity index (χ1v) is 10.4. The second-order valence-electron chi connectivity index (χ2n) is 7.71. The van der Waals surface area contributed by atoms with Crippen LogP contribution >= 0.6 is 24.0 Å². The molecule has 0 saturated carbocycles. The number of hydrogen-bond donors (Lipinski definition) is 2. The third-order valence-corrected chi connectivity index (χ3v) is 5.93. The Morgan fingerprint density at radius 1 is 1.23 bits per heavy atom. The largest absolute Gasteiger partial charge is 0.368 e. The summed E-state index contributed by atoms with van der Waals surface area (Å²) in [5.41, 5.74) is 1.98. The normalized spacial score (nSPS) is 23.6. The van der Waals surface area contributed by atoms with Crippen LogP contribution < -0.4 is 10.6 Å². The lowest BCUT2D eigenvalue weighted by Gasteiger charge is -2.37. The van der Waals surface area contributed by atoms with E-state index in [9.17, 15) is 9.59 Å². The number of para-hydroxylation sites is 1. The van der Waals surface area contributed by atoms with E-state index in [1.807, 2.05) is 29.2 Å². The first kappa shape index (κ1) is 22.8. The van der Waals surface area contributed by atoms with E-state index in [0.717, 1.165) is 43.1 Å². The van der Waals surface area contributed by atoms with Crippen LogP contribution in [0, 0.1) is 0 Å². The van der Waals surface area contributed by atoms with Crippen molar-refractivity contribution in [2.45, 2.75) is 31.3 Å². The highest BCUT2D eigenvalue weighted by Crippen LogP contribution is 2.33. The molecule has 2 N–H and O–H groups in total. The molecule has 0 aromatic heterocycles. The molecule has 3 aliphatic rings. The Hall–Kier alpha value is -1.88. The van der Waals surface area contributed by atoms with Crippen LogP contribution in [0.25, 0.3) is 0 Å². The summed E-state index contributed by atoms with van der Waals surface area (Å²) in [6.45, 7) is 4.19. The number of ether oxygens (including phenoxy) is 1. The van der Waals surface area contributed by atoms with Gasteiger partial charge in [0.05, 0.1) is 5.92 Å². The van der Waals surface area contributed by atoms with Crippen LogP contribution in [0.3, 0.4) is 0 Å². The summed E-state index contributed by atoms with van der Waals surface area (Å²) >= 11 is 0. The van der Waals surface area contributed by atoms with Crippen molar-refractivity contribution in [3.8, 4) is 0 Å². The molecule has 2 saturated heterocycles. The Labute approximate surface area is 194 Å². The van der Waals surface area contributed by atoms with Crippen molar-refractivity contribution in [2.24, 2.45) is 4.99 Å². The van der Waals surface area contributed by atoms with Gasteiger partial charge in [-0.05, 0) is 30.9 Å². The van der Waals surface area contributed by atoms with Crippen molar-refractivity contribution < 1.29 is 14.3 Å². The molecular formula is C21H30IN5O3. The van der Waals surface area contributed by atoms with Crippen LogP contribution in [0.1, 0.15) is 30.7 Å². The summed E-state index contributed by atoms with van der Waals surface area (Å²) < 4.78 is 5.53. The summed E-state index contributed by atoms with van der Waals surface area (Å²) in [5, 5.41) is 6.33. The molecule has 8 nitrogen and oxygen atoms in total. The lowest BCUT2D eigenvalue weighted by atomic mass is 9.97. The van der Waals surface area contributed by atoms with Gasteiger partial charge in [0.1, 0.15) is 6.10 Å². The zero-order valence-corrected chi connectivity index (χ0v) is 19.6. The molecule has 3 aliphatic heterocycles. The fourth-order valence-corrected chi connectivity index (χ4v) is 4.34. The van der Waals surface area contributed by atoms with E-state index >= 15 is 0 Å². The fourth-order valence-electron chi connectivity index (χ4n) is 4.34. The Bertz CT molecular complexity index is 789. The fraction of sp³-hybridized carbons (Fsp3) is 0.571. The minimum atomic E-state index is -0.251. The lowest BCUT2D eigenvalue weighted by molar-refractivity contribution is -0.142. The van der Waals surface area contributed by atoms with Gasteiger partial charge in [-0.3, -0.25) is 14.6 Å². The highest BCUT2D eigenvalue weighted by molar-refractivity contribution is 14.0. The Balaban J connectivity index is 0.00000256. The van der Waals surface area contributed by atoms with E-state index in [1.165, 1.54) is 0 Å². The van der Waals surface area contributed by atoms with Crippen LogP contribution in [0.15, 0.2) is 29.3 Å². The van der Waals surface area contributed by atoms with Crippen LogP contribution in [-0.2, 0) is 14.3 Å². The molecule has 9 heteroatoms. The van der Waals surface area contributed by atoms with Gasteiger partial charge in [-0.15, -0.1) is 24.0 Å². The van der Waals surface area contributed by atoms with Crippen molar-refractivity contribution >= 4 is 47.4 Å². The number of rotatable bonds is 4. The smallest absolute Gasteiger partial charge is 0.251 e. The molecule has 0 spiro atoms. The number of nitrogens with one attached hydrogen (secondary N) is 2. The van der Waals surface area contributed by atoms with Gasteiger partial charge in [-0.25, -0.2) is 0 Å². The lowest BCUT2D eigenvalue weighted by Crippen LogP contribution is -2.55. The minimum Gasteiger partial charge on any atom is -0.368 e. The molecular weight excluding hydrogens is 497 g/mol. The van der Waals surface area contributed by atoms with E-state index in [0.29, 0.717) is 32.7 Å². The summed E-state index contributed by atoms with van der Waals surface area (Å²) in [5.74, 6) is 0.874. The number of benzene rings is 1. The number of halogens is 1. The molecule has 2 amide bonds. The third-order valence-electron chi connectivity index (χ3n) is 5.93. The number of carbonyl (C=O) groups is 2. The Morgan fingerprint density at radius 2 is 1.97 bits per heavy atom. The number of guanidine groups is 1. The number of fused-ring (bicyclic) bond motifs is 1. The first-order chi connectivity index (χ1) is 14.2. The van der Waals surface area contributed by atoms with Gasteiger partial charge in [0.15, 0.2) is 5.96 Å². The van der Waals surface area contributed by atoms with Crippen LogP contribution in [0.2, 0.25) is 0 Å². The topological polar surface area (TPSA) is 86.3 Å². The summed E-state index contributed by atoms with van der Waals surface area (Å²) in [6.07, 6.45) is 2.26. The number of anilines is 1. The minimum absolute atomic E-state index is 0. The molecule has 0 aliphatic carbocycles. The average Bonchev–Trinajstić information content (AvgIpc) is 3.39. The highest BCUT2D eigenvalue weighted by Gasteiger charge is 2.32. The number of hydrogen-bond acceptors (Lipinski definition) is 4. The van der Waals surface area contributed by atoms with Crippen molar-refractivity contribution in [3.63, 3.8) is 0 Å². The number of piperazine rings is 1. The third kappa shape index (κ3) is 4.88. The van der Waals surface area contributed by atoms with Crippen LogP contribution in [0.5, 0.6) is 0 Å².